The highest BCUT2D eigenvalue weighted by Crippen LogP contribution is 2.20. The van der Waals surface area contributed by atoms with Crippen LogP contribution in [-0.4, -0.2) is 13.2 Å². The van der Waals surface area contributed by atoms with Crippen LogP contribution in [0, 0.1) is 11.6 Å². The lowest BCUT2D eigenvalue weighted by atomic mass is 10.2. The van der Waals surface area contributed by atoms with Crippen LogP contribution >= 0.6 is 0 Å². The van der Waals surface area contributed by atoms with Gasteiger partial charge in [0.2, 0.25) is 5.82 Å². The van der Waals surface area contributed by atoms with E-state index >= 15 is 0 Å². The number of para-hydroxylation sites is 1. The Morgan fingerprint density at radius 1 is 0.857 bits per heavy atom. The molecule has 0 aliphatic carbocycles. The van der Waals surface area contributed by atoms with E-state index in [9.17, 15) is 8.78 Å². The van der Waals surface area contributed by atoms with Crippen molar-refractivity contribution in [1.82, 2.24) is 0 Å². The van der Waals surface area contributed by atoms with Gasteiger partial charge < -0.3 is 15.2 Å². The van der Waals surface area contributed by atoms with Crippen LogP contribution in [0.2, 0.25) is 0 Å². The summed E-state index contributed by atoms with van der Waals surface area (Å²) >= 11 is 0. The van der Waals surface area contributed by atoms with E-state index in [1.165, 1.54) is 12.1 Å². The highest BCUT2D eigenvalue weighted by atomic mass is 19.2. The van der Waals surface area contributed by atoms with Gasteiger partial charge in [0.1, 0.15) is 5.75 Å². The Morgan fingerprint density at radius 3 is 2.29 bits per heavy atom. The van der Waals surface area contributed by atoms with Crippen LogP contribution in [0.3, 0.4) is 0 Å². The Kier molecular flexibility index (Phi) is 5.51. The zero-order chi connectivity index (χ0) is 15.1. The summed E-state index contributed by atoms with van der Waals surface area (Å²) in [5.41, 5.74) is 6.53. The molecule has 0 aromatic heterocycles. The molecule has 0 saturated heterocycles. The molecule has 2 aromatic rings. The molecule has 0 fully saturated rings. The van der Waals surface area contributed by atoms with Gasteiger partial charge >= 0.3 is 0 Å². The van der Waals surface area contributed by atoms with Crippen LogP contribution in [0.25, 0.3) is 0 Å². The van der Waals surface area contributed by atoms with Crippen molar-refractivity contribution in [2.24, 2.45) is 5.73 Å². The zero-order valence-corrected chi connectivity index (χ0v) is 11.5. The van der Waals surface area contributed by atoms with Crippen molar-refractivity contribution in [1.29, 1.82) is 0 Å². The van der Waals surface area contributed by atoms with Gasteiger partial charge in [-0.3, -0.25) is 0 Å². The normalized spacial score (nSPS) is 10.4. The molecular weight excluding hydrogens is 276 g/mol. The summed E-state index contributed by atoms with van der Waals surface area (Å²) in [5.74, 6) is -1.23. The predicted octanol–water partition coefficient (Wildman–Crippen LogP) is 3.27. The van der Waals surface area contributed by atoms with Crippen LogP contribution in [0.1, 0.15) is 12.0 Å². The SMILES string of the molecule is NCc1ccccc1OCCCOc1cccc(F)c1F. The van der Waals surface area contributed by atoms with Crippen molar-refractivity contribution in [2.75, 3.05) is 13.2 Å². The largest absolute Gasteiger partial charge is 0.493 e. The third-order valence-electron chi connectivity index (χ3n) is 2.91. The van der Waals surface area contributed by atoms with Crippen LogP contribution in [0.5, 0.6) is 11.5 Å². The first-order chi connectivity index (χ1) is 10.2. The number of hydrogen-bond acceptors (Lipinski definition) is 3. The Morgan fingerprint density at radius 2 is 1.52 bits per heavy atom. The minimum atomic E-state index is -0.966. The minimum Gasteiger partial charge on any atom is -0.493 e. The van der Waals surface area contributed by atoms with Gasteiger partial charge in [-0.25, -0.2) is 4.39 Å². The van der Waals surface area contributed by atoms with Crippen LogP contribution < -0.4 is 15.2 Å². The summed E-state index contributed by atoms with van der Waals surface area (Å²) in [6.07, 6.45) is 0.550. The summed E-state index contributed by atoms with van der Waals surface area (Å²) in [4.78, 5) is 0. The fraction of sp³-hybridized carbons (Fsp3) is 0.250. The summed E-state index contributed by atoms with van der Waals surface area (Å²) < 4.78 is 37.1. The van der Waals surface area contributed by atoms with Gasteiger partial charge in [0.15, 0.2) is 11.6 Å². The lowest BCUT2D eigenvalue weighted by Crippen LogP contribution is -2.08. The maximum absolute atomic E-state index is 13.3. The van der Waals surface area contributed by atoms with E-state index in [-0.39, 0.29) is 12.4 Å². The van der Waals surface area contributed by atoms with Crippen molar-refractivity contribution in [3.8, 4) is 11.5 Å². The fourth-order valence-corrected chi connectivity index (χ4v) is 1.83. The smallest absolute Gasteiger partial charge is 0.200 e. The molecule has 0 heterocycles. The molecule has 2 aromatic carbocycles. The second kappa shape index (κ2) is 7.59. The van der Waals surface area contributed by atoms with E-state index in [2.05, 4.69) is 0 Å². The maximum Gasteiger partial charge on any atom is 0.200 e. The first-order valence-electron chi connectivity index (χ1n) is 6.70. The van der Waals surface area contributed by atoms with Gasteiger partial charge in [-0.15, -0.1) is 0 Å². The van der Waals surface area contributed by atoms with Gasteiger partial charge in [-0.05, 0) is 18.2 Å². The Balaban J connectivity index is 1.76. The number of hydrogen-bond donors (Lipinski definition) is 1. The second-order valence-electron chi connectivity index (χ2n) is 4.41. The average Bonchev–Trinajstić information content (AvgIpc) is 2.51. The molecule has 21 heavy (non-hydrogen) atoms. The van der Waals surface area contributed by atoms with Crippen molar-refractivity contribution < 1.29 is 18.3 Å². The topological polar surface area (TPSA) is 44.5 Å². The number of rotatable bonds is 7. The second-order valence-corrected chi connectivity index (χ2v) is 4.41. The quantitative estimate of drug-likeness (QED) is 0.797. The zero-order valence-electron chi connectivity index (χ0n) is 11.5. The molecule has 0 amide bonds. The molecule has 0 aliphatic heterocycles. The molecule has 2 N–H and O–H groups in total. The van der Waals surface area contributed by atoms with E-state index in [0.29, 0.717) is 19.6 Å². The van der Waals surface area contributed by atoms with Gasteiger partial charge in [0.25, 0.3) is 0 Å². The molecule has 0 spiro atoms. The molecule has 0 saturated carbocycles. The van der Waals surface area contributed by atoms with E-state index in [4.69, 9.17) is 15.2 Å². The molecule has 5 heteroatoms. The van der Waals surface area contributed by atoms with E-state index in [1.807, 2.05) is 24.3 Å². The molecule has 3 nitrogen and oxygen atoms in total. The van der Waals surface area contributed by atoms with Crippen molar-refractivity contribution in [2.45, 2.75) is 13.0 Å². The van der Waals surface area contributed by atoms with Crippen molar-refractivity contribution in [3.05, 3.63) is 59.7 Å². The Bertz CT molecular complexity index is 590. The van der Waals surface area contributed by atoms with Crippen molar-refractivity contribution in [3.63, 3.8) is 0 Å². The molecule has 0 aliphatic rings. The number of benzene rings is 2. The lowest BCUT2D eigenvalue weighted by molar-refractivity contribution is 0.238. The minimum absolute atomic E-state index is 0.0858. The molecule has 0 bridgehead atoms. The molecule has 0 radical (unpaired) electrons. The highest BCUT2D eigenvalue weighted by molar-refractivity contribution is 5.32. The van der Waals surface area contributed by atoms with Crippen LogP contribution in [0.15, 0.2) is 42.5 Å². The summed E-state index contributed by atoms with van der Waals surface area (Å²) in [5, 5.41) is 0. The summed E-state index contributed by atoms with van der Waals surface area (Å²) in [6.45, 7) is 1.06. The molecule has 0 atom stereocenters. The number of halogens is 2. The molecule has 2 rings (SSSR count). The maximum atomic E-state index is 13.3. The average molecular weight is 293 g/mol. The Hall–Kier alpha value is -2.14. The molecule has 112 valence electrons. The molecular formula is C16H17F2NO2. The summed E-state index contributed by atoms with van der Waals surface area (Å²) in [7, 11) is 0. The number of nitrogens with two attached hydrogens (primary N) is 1. The van der Waals surface area contributed by atoms with Crippen molar-refractivity contribution >= 4 is 0 Å². The number of ether oxygens (including phenoxy) is 2. The summed E-state index contributed by atoms with van der Waals surface area (Å²) in [6, 6.07) is 11.3. The fourth-order valence-electron chi connectivity index (χ4n) is 1.83. The standard InChI is InChI=1S/C16H17F2NO2/c17-13-6-3-8-15(16(13)18)21-10-4-9-20-14-7-2-1-5-12(14)11-19/h1-3,5-8H,4,9-11,19H2. The third kappa shape index (κ3) is 4.16. The van der Waals surface area contributed by atoms with Crippen LogP contribution in [0.4, 0.5) is 8.78 Å². The predicted molar refractivity (Wildman–Crippen MR) is 76.3 cm³/mol. The monoisotopic (exact) mass is 293 g/mol. The molecule has 0 unspecified atom stereocenters. The van der Waals surface area contributed by atoms with Gasteiger partial charge in [0.05, 0.1) is 13.2 Å². The van der Waals surface area contributed by atoms with Gasteiger partial charge in [0, 0.05) is 18.5 Å². The van der Waals surface area contributed by atoms with E-state index in [1.54, 1.807) is 0 Å². The van der Waals surface area contributed by atoms with Gasteiger partial charge in [-0.2, -0.15) is 4.39 Å². The highest BCUT2D eigenvalue weighted by Gasteiger charge is 2.08. The van der Waals surface area contributed by atoms with E-state index < -0.39 is 11.6 Å². The van der Waals surface area contributed by atoms with Gasteiger partial charge in [-0.1, -0.05) is 24.3 Å². The van der Waals surface area contributed by atoms with E-state index in [0.717, 1.165) is 17.4 Å². The Labute approximate surface area is 122 Å². The first-order valence-corrected chi connectivity index (χ1v) is 6.70. The third-order valence-corrected chi connectivity index (χ3v) is 2.91. The first kappa shape index (κ1) is 15.3. The van der Waals surface area contributed by atoms with Crippen LogP contribution in [-0.2, 0) is 6.54 Å². The lowest BCUT2D eigenvalue weighted by Gasteiger charge is -2.11.